The third-order valence-corrected chi connectivity index (χ3v) is 4.21. The molecule has 0 saturated carbocycles. The number of halogens is 1. The van der Waals surface area contributed by atoms with Gasteiger partial charge in [0.1, 0.15) is 0 Å². The van der Waals surface area contributed by atoms with Gasteiger partial charge in [0.2, 0.25) is 0 Å². The highest BCUT2D eigenvalue weighted by molar-refractivity contribution is 9.10. The van der Waals surface area contributed by atoms with E-state index in [1.165, 1.54) is 0 Å². The lowest BCUT2D eigenvalue weighted by Crippen LogP contribution is -1.95. The molecular formula is C20H13BrN2. The summed E-state index contributed by atoms with van der Waals surface area (Å²) < 4.78 is 1.01. The van der Waals surface area contributed by atoms with Crippen molar-refractivity contribution in [2.24, 2.45) is 0 Å². The van der Waals surface area contributed by atoms with Crippen LogP contribution in [0, 0.1) is 0 Å². The smallest absolute Gasteiger partial charge is 0.0973 e. The number of hydrogen-bond acceptors (Lipinski definition) is 2. The molecule has 0 fully saturated rings. The quantitative estimate of drug-likeness (QED) is 0.456. The zero-order chi connectivity index (χ0) is 15.6. The maximum Gasteiger partial charge on any atom is 0.0973 e. The van der Waals surface area contributed by atoms with Gasteiger partial charge in [0.05, 0.1) is 22.4 Å². The third-order valence-electron chi connectivity index (χ3n) is 3.72. The van der Waals surface area contributed by atoms with E-state index in [0.29, 0.717) is 0 Å². The Labute approximate surface area is 143 Å². The normalized spacial score (nSPS) is 10.8. The highest BCUT2D eigenvalue weighted by atomic mass is 79.9. The lowest BCUT2D eigenvalue weighted by atomic mass is 10.0. The molecule has 0 bridgehead atoms. The first-order valence-electron chi connectivity index (χ1n) is 7.39. The molecule has 0 unspecified atom stereocenters. The first-order valence-corrected chi connectivity index (χ1v) is 8.19. The van der Waals surface area contributed by atoms with E-state index in [0.717, 1.165) is 38.0 Å². The van der Waals surface area contributed by atoms with Crippen LogP contribution in [0.15, 0.2) is 83.3 Å². The summed E-state index contributed by atoms with van der Waals surface area (Å²) in [7, 11) is 0. The molecule has 2 nitrogen and oxygen atoms in total. The molecule has 1 heterocycles. The average Bonchev–Trinajstić information content (AvgIpc) is 2.62. The Hall–Kier alpha value is -2.52. The van der Waals surface area contributed by atoms with Crippen molar-refractivity contribution in [3.63, 3.8) is 0 Å². The van der Waals surface area contributed by atoms with Crippen molar-refractivity contribution < 1.29 is 0 Å². The Morgan fingerprint density at radius 3 is 1.65 bits per heavy atom. The Morgan fingerprint density at radius 2 is 1.09 bits per heavy atom. The molecule has 23 heavy (non-hydrogen) atoms. The molecule has 0 spiro atoms. The topological polar surface area (TPSA) is 25.8 Å². The summed E-state index contributed by atoms with van der Waals surface area (Å²) in [5, 5.41) is 0. The van der Waals surface area contributed by atoms with E-state index in [4.69, 9.17) is 9.97 Å². The lowest BCUT2D eigenvalue weighted by molar-refractivity contribution is 1.29. The minimum atomic E-state index is 0.887. The maximum atomic E-state index is 4.89. The van der Waals surface area contributed by atoms with Gasteiger partial charge in [0, 0.05) is 15.6 Å². The minimum absolute atomic E-state index is 0.887. The molecule has 0 N–H and O–H groups in total. The van der Waals surface area contributed by atoms with Crippen LogP contribution in [0.2, 0.25) is 0 Å². The van der Waals surface area contributed by atoms with Crippen LogP contribution in [-0.4, -0.2) is 9.97 Å². The second kappa shape index (κ2) is 5.94. The molecule has 0 atom stereocenters. The van der Waals surface area contributed by atoms with E-state index in [1.807, 2.05) is 54.6 Å². The first kappa shape index (κ1) is 14.1. The van der Waals surface area contributed by atoms with Gasteiger partial charge in [-0.15, -0.1) is 0 Å². The fourth-order valence-corrected chi connectivity index (χ4v) is 2.97. The average molecular weight is 361 g/mol. The van der Waals surface area contributed by atoms with Gasteiger partial charge in [0.25, 0.3) is 0 Å². The highest BCUT2D eigenvalue weighted by Crippen LogP contribution is 2.31. The third kappa shape index (κ3) is 2.76. The molecule has 1 aromatic heterocycles. The molecule has 4 aromatic rings. The number of rotatable bonds is 2. The monoisotopic (exact) mass is 360 g/mol. The van der Waals surface area contributed by atoms with Crippen LogP contribution in [0.5, 0.6) is 0 Å². The van der Waals surface area contributed by atoms with E-state index in [-0.39, 0.29) is 0 Å². The summed E-state index contributed by atoms with van der Waals surface area (Å²) in [5.41, 5.74) is 5.74. The van der Waals surface area contributed by atoms with E-state index in [9.17, 15) is 0 Å². The molecule has 3 aromatic carbocycles. The molecule has 0 amide bonds. The molecule has 0 aliphatic rings. The van der Waals surface area contributed by atoms with Gasteiger partial charge in [0.15, 0.2) is 0 Å². The zero-order valence-corrected chi connectivity index (χ0v) is 13.9. The predicted molar refractivity (Wildman–Crippen MR) is 98.1 cm³/mol. The molecule has 0 aliphatic carbocycles. The molecule has 0 saturated heterocycles. The number of fused-ring (bicyclic) bond motifs is 1. The Bertz CT molecular complexity index is 967. The maximum absolute atomic E-state index is 4.89. The van der Waals surface area contributed by atoms with Crippen LogP contribution in [0.1, 0.15) is 0 Å². The van der Waals surface area contributed by atoms with Crippen molar-refractivity contribution in [2.75, 3.05) is 0 Å². The van der Waals surface area contributed by atoms with Crippen molar-refractivity contribution >= 4 is 27.0 Å². The van der Waals surface area contributed by atoms with Gasteiger partial charge in [-0.05, 0) is 18.2 Å². The van der Waals surface area contributed by atoms with Crippen LogP contribution in [0.4, 0.5) is 0 Å². The van der Waals surface area contributed by atoms with E-state index in [1.54, 1.807) is 0 Å². The summed E-state index contributed by atoms with van der Waals surface area (Å²) in [4.78, 5) is 9.77. The number of nitrogens with zero attached hydrogens (tertiary/aromatic N) is 2. The predicted octanol–water partition coefficient (Wildman–Crippen LogP) is 5.73. The molecule has 0 radical (unpaired) electrons. The van der Waals surface area contributed by atoms with Crippen LogP contribution < -0.4 is 0 Å². The van der Waals surface area contributed by atoms with Gasteiger partial charge < -0.3 is 0 Å². The van der Waals surface area contributed by atoms with Gasteiger partial charge >= 0.3 is 0 Å². The summed E-state index contributed by atoms with van der Waals surface area (Å²) in [6.45, 7) is 0. The van der Waals surface area contributed by atoms with Gasteiger partial charge in [-0.25, -0.2) is 9.97 Å². The van der Waals surface area contributed by atoms with Gasteiger partial charge in [-0.2, -0.15) is 0 Å². The van der Waals surface area contributed by atoms with Crippen molar-refractivity contribution in [1.29, 1.82) is 0 Å². The van der Waals surface area contributed by atoms with Crippen LogP contribution in [0.3, 0.4) is 0 Å². The van der Waals surface area contributed by atoms with E-state index in [2.05, 4.69) is 40.2 Å². The second-order valence-corrected chi connectivity index (χ2v) is 6.20. The summed E-state index contributed by atoms with van der Waals surface area (Å²) in [6, 6.07) is 26.4. The lowest BCUT2D eigenvalue weighted by Gasteiger charge is -2.10. The largest absolute Gasteiger partial charge is 0.244 e. The van der Waals surface area contributed by atoms with Gasteiger partial charge in [-0.1, -0.05) is 76.6 Å². The van der Waals surface area contributed by atoms with Crippen LogP contribution in [-0.2, 0) is 0 Å². The zero-order valence-electron chi connectivity index (χ0n) is 12.3. The van der Waals surface area contributed by atoms with Crippen molar-refractivity contribution in [2.45, 2.75) is 0 Å². The second-order valence-electron chi connectivity index (χ2n) is 5.29. The van der Waals surface area contributed by atoms with Crippen molar-refractivity contribution in [3.05, 3.63) is 83.3 Å². The number of benzene rings is 3. The van der Waals surface area contributed by atoms with Crippen LogP contribution in [0.25, 0.3) is 33.5 Å². The fraction of sp³-hybridized carbons (Fsp3) is 0. The molecule has 4 rings (SSSR count). The first-order chi connectivity index (χ1) is 11.3. The summed E-state index contributed by atoms with van der Waals surface area (Å²) >= 11 is 3.51. The summed E-state index contributed by atoms with van der Waals surface area (Å²) in [5.74, 6) is 0. The van der Waals surface area contributed by atoms with Gasteiger partial charge in [-0.3, -0.25) is 0 Å². The Kier molecular flexibility index (Phi) is 3.64. The SMILES string of the molecule is Brc1ccc2nc(-c3ccccc3)c(-c3ccccc3)nc2c1. The Morgan fingerprint density at radius 1 is 0.565 bits per heavy atom. The van der Waals surface area contributed by atoms with Crippen LogP contribution >= 0.6 is 15.9 Å². The summed E-state index contributed by atoms with van der Waals surface area (Å²) in [6.07, 6.45) is 0. The number of aromatic nitrogens is 2. The molecule has 3 heteroatoms. The standard InChI is InChI=1S/C20H13BrN2/c21-16-11-12-17-18(13-16)23-20(15-9-5-2-6-10-15)19(22-17)14-7-3-1-4-8-14/h1-13H. The van der Waals surface area contributed by atoms with Crippen molar-refractivity contribution in [1.82, 2.24) is 9.97 Å². The highest BCUT2D eigenvalue weighted by Gasteiger charge is 2.12. The van der Waals surface area contributed by atoms with E-state index < -0.39 is 0 Å². The fourth-order valence-electron chi connectivity index (χ4n) is 2.62. The van der Waals surface area contributed by atoms with Crippen molar-refractivity contribution in [3.8, 4) is 22.5 Å². The van der Waals surface area contributed by atoms with E-state index >= 15 is 0 Å². The molecule has 0 aliphatic heterocycles. The minimum Gasteiger partial charge on any atom is -0.244 e. The molecular weight excluding hydrogens is 348 g/mol. The molecule has 110 valence electrons. The Balaban J connectivity index is 2.04. The number of hydrogen-bond donors (Lipinski definition) is 0.